The first-order chi connectivity index (χ1) is 10.5. The molecular formula is C17H21NO4. The smallest absolute Gasteiger partial charge is 0.341 e. The highest BCUT2D eigenvalue weighted by Crippen LogP contribution is 2.21. The largest absolute Gasteiger partial charge is 0.496 e. The molecule has 2 rings (SSSR count). The van der Waals surface area contributed by atoms with Crippen molar-refractivity contribution in [1.82, 2.24) is 4.90 Å². The second kappa shape index (κ2) is 7.13. The van der Waals surface area contributed by atoms with Gasteiger partial charge in [0.1, 0.15) is 22.8 Å². The van der Waals surface area contributed by atoms with Crippen molar-refractivity contribution in [3.05, 3.63) is 53.0 Å². The van der Waals surface area contributed by atoms with Gasteiger partial charge in [0.2, 0.25) is 0 Å². The summed E-state index contributed by atoms with van der Waals surface area (Å²) in [4.78, 5) is 13.7. The standard InChI is InChI=1S/C17H21NO4/c1-12-15(17(19)21-4)9-14(22-12)11-18(2)10-13-7-5-6-8-16(13)20-3/h5-9H,10-11H2,1-4H3. The van der Waals surface area contributed by atoms with E-state index in [9.17, 15) is 4.79 Å². The Morgan fingerprint density at radius 1 is 1.23 bits per heavy atom. The monoisotopic (exact) mass is 303 g/mol. The second-order valence-corrected chi connectivity index (χ2v) is 5.16. The first kappa shape index (κ1) is 16.1. The number of ether oxygens (including phenoxy) is 2. The first-order valence-electron chi connectivity index (χ1n) is 7.03. The van der Waals surface area contributed by atoms with Crippen molar-refractivity contribution < 1.29 is 18.7 Å². The lowest BCUT2D eigenvalue weighted by Crippen LogP contribution is -2.17. The Kier molecular flexibility index (Phi) is 5.22. The van der Waals surface area contributed by atoms with Crippen LogP contribution in [0.15, 0.2) is 34.7 Å². The van der Waals surface area contributed by atoms with Gasteiger partial charge in [0.05, 0.1) is 20.8 Å². The van der Waals surface area contributed by atoms with E-state index in [2.05, 4.69) is 4.90 Å². The average Bonchev–Trinajstić information content (AvgIpc) is 2.87. The van der Waals surface area contributed by atoms with Gasteiger partial charge < -0.3 is 13.9 Å². The third kappa shape index (κ3) is 3.68. The van der Waals surface area contributed by atoms with E-state index in [1.165, 1.54) is 7.11 Å². The van der Waals surface area contributed by atoms with Gasteiger partial charge in [-0.3, -0.25) is 4.90 Å². The number of aryl methyl sites for hydroxylation is 1. The van der Waals surface area contributed by atoms with Gasteiger partial charge in [-0.05, 0) is 26.1 Å². The molecular weight excluding hydrogens is 282 g/mol. The summed E-state index contributed by atoms with van der Waals surface area (Å²) in [6, 6.07) is 9.64. The number of esters is 1. The molecule has 0 radical (unpaired) electrons. The zero-order chi connectivity index (χ0) is 16.1. The van der Waals surface area contributed by atoms with E-state index in [1.54, 1.807) is 20.1 Å². The molecule has 5 heteroatoms. The van der Waals surface area contributed by atoms with E-state index in [0.29, 0.717) is 17.9 Å². The number of para-hydroxylation sites is 1. The van der Waals surface area contributed by atoms with Crippen LogP contribution in [0.2, 0.25) is 0 Å². The van der Waals surface area contributed by atoms with Gasteiger partial charge in [-0.1, -0.05) is 18.2 Å². The third-order valence-electron chi connectivity index (χ3n) is 3.43. The number of carbonyl (C=O) groups is 1. The lowest BCUT2D eigenvalue weighted by Gasteiger charge is -2.17. The van der Waals surface area contributed by atoms with Crippen molar-refractivity contribution in [2.45, 2.75) is 20.0 Å². The van der Waals surface area contributed by atoms with Gasteiger partial charge in [0.25, 0.3) is 0 Å². The van der Waals surface area contributed by atoms with E-state index in [1.807, 2.05) is 31.3 Å². The summed E-state index contributed by atoms with van der Waals surface area (Å²) >= 11 is 0. The highest BCUT2D eigenvalue weighted by molar-refractivity contribution is 5.90. The van der Waals surface area contributed by atoms with E-state index >= 15 is 0 Å². The number of rotatable bonds is 6. The Balaban J connectivity index is 2.06. The molecule has 0 aliphatic rings. The molecule has 0 amide bonds. The Morgan fingerprint density at radius 2 is 1.95 bits per heavy atom. The summed E-state index contributed by atoms with van der Waals surface area (Å²) in [6.45, 7) is 3.07. The summed E-state index contributed by atoms with van der Waals surface area (Å²) in [7, 11) is 5.02. The predicted molar refractivity (Wildman–Crippen MR) is 82.9 cm³/mol. The Bertz CT molecular complexity index is 648. The minimum absolute atomic E-state index is 0.375. The maximum atomic E-state index is 11.6. The zero-order valence-electron chi connectivity index (χ0n) is 13.4. The lowest BCUT2D eigenvalue weighted by atomic mass is 10.2. The van der Waals surface area contributed by atoms with E-state index < -0.39 is 0 Å². The Hall–Kier alpha value is -2.27. The molecule has 0 aliphatic carbocycles. The number of benzene rings is 1. The third-order valence-corrected chi connectivity index (χ3v) is 3.43. The van der Waals surface area contributed by atoms with Gasteiger partial charge in [-0.2, -0.15) is 0 Å². The number of methoxy groups -OCH3 is 2. The fraction of sp³-hybridized carbons (Fsp3) is 0.353. The molecule has 0 saturated heterocycles. The van der Waals surface area contributed by atoms with Crippen LogP contribution in [0.25, 0.3) is 0 Å². The van der Waals surface area contributed by atoms with Crippen LogP contribution < -0.4 is 4.74 Å². The normalized spacial score (nSPS) is 10.8. The van der Waals surface area contributed by atoms with Crippen molar-refractivity contribution in [2.24, 2.45) is 0 Å². The zero-order valence-corrected chi connectivity index (χ0v) is 13.4. The number of hydrogen-bond donors (Lipinski definition) is 0. The van der Waals surface area contributed by atoms with E-state index in [-0.39, 0.29) is 5.97 Å². The minimum Gasteiger partial charge on any atom is -0.496 e. The van der Waals surface area contributed by atoms with Crippen LogP contribution in [0.1, 0.15) is 27.4 Å². The van der Waals surface area contributed by atoms with E-state index in [4.69, 9.17) is 13.9 Å². The molecule has 0 unspecified atom stereocenters. The molecule has 1 aromatic carbocycles. The average molecular weight is 303 g/mol. The van der Waals surface area contributed by atoms with Gasteiger partial charge >= 0.3 is 5.97 Å². The summed E-state index contributed by atoms with van der Waals surface area (Å²) in [5, 5.41) is 0. The Labute approximate surface area is 130 Å². The molecule has 0 N–H and O–H groups in total. The minimum atomic E-state index is -0.375. The maximum absolute atomic E-state index is 11.6. The lowest BCUT2D eigenvalue weighted by molar-refractivity contribution is 0.0599. The maximum Gasteiger partial charge on any atom is 0.341 e. The molecule has 0 atom stereocenters. The topological polar surface area (TPSA) is 51.9 Å². The van der Waals surface area contributed by atoms with Crippen molar-refractivity contribution in [3.63, 3.8) is 0 Å². The first-order valence-corrected chi connectivity index (χ1v) is 7.03. The fourth-order valence-electron chi connectivity index (χ4n) is 2.38. The summed E-state index contributed by atoms with van der Waals surface area (Å²) in [5.41, 5.74) is 1.58. The van der Waals surface area contributed by atoms with Gasteiger partial charge in [-0.25, -0.2) is 4.79 Å². The van der Waals surface area contributed by atoms with Crippen molar-refractivity contribution >= 4 is 5.97 Å². The van der Waals surface area contributed by atoms with Gasteiger partial charge in [-0.15, -0.1) is 0 Å². The quantitative estimate of drug-likeness (QED) is 0.768. The number of carbonyl (C=O) groups excluding carboxylic acids is 1. The number of furan rings is 1. The fourth-order valence-corrected chi connectivity index (χ4v) is 2.38. The van der Waals surface area contributed by atoms with Crippen LogP contribution in [0, 0.1) is 6.92 Å². The summed E-state index contributed by atoms with van der Waals surface area (Å²) < 4.78 is 15.7. The highest BCUT2D eigenvalue weighted by atomic mass is 16.5. The van der Waals surface area contributed by atoms with Crippen LogP contribution in [0.5, 0.6) is 5.75 Å². The molecule has 5 nitrogen and oxygen atoms in total. The van der Waals surface area contributed by atoms with Crippen LogP contribution in [-0.4, -0.2) is 32.1 Å². The SMILES string of the molecule is COC(=O)c1cc(CN(C)Cc2ccccc2OC)oc1C. The molecule has 0 saturated carbocycles. The highest BCUT2D eigenvalue weighted by Gasteiger charge is 2.16. The van der Waals surface area contributed by atoms with Crippen LogP contribution in [0.4, 0.5) is 0 Å². The molecule has 2 aromatic rings. The summed E-state index contributed by atoms with van der Waals surface area (Å²) in [5.74, 6) is 1.79. The van der Waals surface area contributed by atoms with Crippen molar-refractivity contribution in [3.8, 4) is 5.75 Å². The molecule has 0 fully saturated rings. The second-order valence-electron chi connectivity index (χ2n) is 5.16. The molecule has 1 aromatic heterocycles. The molecule has 22 heavy (non-hydrogen) atoms. The van der Waals surface area contributed by atoms with Gasteiger partial charge in [0, 0.05) is 12.1 Å². The van der Waals surface area contributed by atoms with Crippen LogP contribution in [-0.2, 0) is 17.8 Å². The number of hydrogen-bond acceptors (Lipinski definition) is 5. The van der Waals surface area contributed by atoms with E-state index in [0.717, 1.165) is 23.6 Å². The van der Waals surface area contributed by atoms with Gasteiger partial charge in [0.15, 0.2) is 0 Å². The molecule has 0 spiro atoms. The molecule has 118 valence electrons. The van der Waals surface area contributed by atoms with Crippen LogP contribution in [0.3, 0.4) is 0 Å². The number of nitrogens with zero attached hydrogens (tertiary/aromatic N) is 1. The Morgan fingerprint density at radius 3 is 2.64 bits per heavy atom. The van der Waals surface area contributed by atoms with Crippen molar-refractivity contribution in [2.75, 3.05) is 21.3 Å². The molecule has 0 aliphatic heterocycles. The van der Waals surface area contributed by atoms with Crippen molar-refractivity contribution in [1.29, 1.82) is 0 Å². The van der Waals surface area contributed by atoms with Crippen LogP contribution >= 0.6 is 0 Å². The molecule has 0 bridgehead atoms. The summed E-state index contributed by atoms with van der Waals surface area (Å²) in [6.07, 6.45) is 0. The molecule has 1 heterocycles. The predicted octanol–water partition coefficient (Wildman–Crippen LogP) is 3.02.